The third kappa shape index (κ3) is 2.14. The van der Waals surface area contributed by atoms with Crippen LogP contribution in [0.3, 0.4) is 0 Å². The minimum absolute atomic E-state index is 0.0993. The number of hydrogen-bond donors (Lipinski definition) is 1. The summed E-state index contributed by atoms with van der Waals surface area (Å²) >= 11 is 5.63. The molecule has 1 heterocycles. The SMILES string of the molecule is CC1NCC(C(F)(F)F)=CC1Cl. The minimum Gasteiger partial charge on any atom is -0.308 e. The number of rotatable bonds is 0. The van der Waals surface area contributed by atoms with Gasteiger partial charge in [-0.05, 0) is 6.92 Å². The lowest BCUT2D eigenvalue weighted by Crippen LogP contribution is -2.41. The second kappa shape index (κ2) is 3.26. The van der Waals surface area contributed by atoms with Crippen LogP contribution in [0, 0.1) is 0 Å². The molecule has 2 atom stereocenters. The summed E-state index contributed by atoms with van der Waals surface area (Å²) in [7, 11) is 0. The summed E-state index contributed by atoms with van der Waals surface area (Å²) in [4.78, 5) is 0. The summed E-state index contributed by atoms with van der Waals surface area (Å²) in [6, 6.07) is -0.0993. The smallest absolute Gasteiger partial charge is 0.308 e. The highest BCUT2D eigenvalue weighted by atomic mass is 35.5. The van der Waals surface area contributed by atoms with Crippen molar-refractivity contribution in [2.75, 3.05) is 6.54 Å². The van der Waals surface area contributed by atoms with Crippen LogP contribution in [0.5, 0.6) is 0 Å². The molecule has 12 heavy (non-hydrogen) atoms. The van der Waals surface area contributed by atoms with E-state index in [1.54, 1.807) is 6.92 Å². The molecule has 0 aromatic carbocycles. The average molecular weight is 200 g/mol. The number of nitrogens with one attached hydrogen (secondary N) is 1. The van der Waals surface area contributed by atoms with Gasteiger partial charge >= 0.3 is 6.18 Å². The van der Waals surface area contributed by atoms with Crippen molar-refractivity contribution in [1.82, 2.24) is 5.32 Å². The number of halogens is 4. The van der Waals surface area contributed by atoms with E-state index in [1.807, 2.05) is 0 Å². The lowest BCUT2D eigenvalue weighted by Gasteiger charge is -2.25. The Bertz CT molecular complexity index is 199. The first-order valence-electron chi connectivity index (χ1n) is 3.56. The van der Waals surface area contributed by atoms with Gasteiger partial charge in [-0.3, -0.25) is 0 Å². The van der Waals surface area contributed by atoms with Gasteiger partial charge in [0.25, 0.3) is 0 Å². The van der Waals surface area contributed by atoms with Crippen LogP contribution in [0.15, 0.2) is 11.6 Å². The molecular weight excluding hydrogens is 191 g/mol. The fourth-order valence-corrected chi connectivity index (χ4v) is 1.21. The van der Waals surface area contributed by atoms with Crippen LogP contribution in [0.4, 0.5) is 13.2 Å². The van der Waals surface area contributed by atoms with Crippen molar-refractivity contribution >= 4 is 11.6 Å². The van der Waals surface area contributed by atoms with E-state index in [-0.39, 0.29) is 12.6 Å². The Morgan fingerprint density at radius 1 is 1.58 bits per heavy atom. The van der Waals surface area contributed by atoms with Crippen molar-refractivity contribution in [3.05, 3.63) is 11.6 Å². The Hall–Kier alpha value is -0.220. The number of hydrogen-bond acceptors (Lipinski definition) is 1. The molecule has 1 nitrogen and oxygen atoms in total. The zero-order valence-corrected chi connectivity index (χ0v) is 7.21. The van der Waals surface area contributed by atoms with Crippen molar-refractivity contribution in [2.45, 2.75) is 24.5 Å². The summed E-state index contributed by atoms with van der Waals surface area (Å²) in [6.07, 6.45) is -3.18. The Morgan fingerprint density at radius 3 is 2.58 bits per heavy atom. The fourth-order valence-electron chi connectivity index (χ4n) is 0.974. The predicted molar refractivity (Wildman–Crippen MR) is 41.2 cm³/mol. The standard InChI is InChI=1S/C7H9ClF3N/c1-4-6(8)2-5(3-12-4)7(9,10)11/h2,4,6,12H,3H2,1H3. The van der Waals surface area contributed by atoms with Crippen LogP contribution < -0.4 is 5.32 Å². The molecule has 0 radical (unpaired) electrons. The van der Waals surface area contributed by atoms with Crippen molar-refractivity contribution in [3.63, 3.8) is 0 Å². The van der Waals surface area contributed by atoms with Gasteiger partial charge in [-0.1, -0.05) is 6.08 Å². The summed E-state index contributed by atoms with van der Waals surface area (Å²) in [5.41, 5.74) is -0.583. The van der Waals surface area contributed by atoms with Crippen LogP contribution in [-0.4, -0.2) is 24.1 Å². The molecule has 1 N–H and O–H groups in total. The Labute approximate surface area is 73.6 Å². The molecule has 0 bridgehead atoms. The topological polar surface area (TPSA) is 12.0 Å². The predicted octanol–water partition coefficient (Wildman–Crippen LogP) is 2.07. The van der Waals surface area contributed by atoms with Gasteiger partial charge in [-0.25, -0.2) is 0 Å². The first-order chi connectivity index (χ1) is 5.41. The molecule has 1 aliphatic rings. The van der Waals surface area contributed by atoms with E-state index >= 15 is 0 Å². The molecule has 0 aromatic rings. The maximum Gasteiger partial charge on any atom is 0.413 e. The van der Waals surface area contributed by atoms with Crippen LogP contribution >= 0.6 is 11.6 Å². The largest absolute Gasteiger partial charge is 0.413 e. The van der Waals surface area contributed by atoms with E-state index in [1.165, 1.54) is 0 Å². The van der Waals surface area contributed by atoms with Crippen molar-refractivity contribution in [1.29, 1.82) is 0 Å². The van der Waals surface area contributed by atoms with Gasteiger partial charge in [0.15, 0.2) is 0 Å². The maximum absolute atomic E-state index is 12.1. The normalized spacial score (nSPS) is 31.6. The van der Waals surface area contributed by atoms with Gasteiger partial charge < -0.3 is 5.32 Å². The second-order valence-corrected chi connectivity index (χ2v) is 3.31. The van der Waals surface area contributed by atoms with Crippen LogP contribution in [0.25, 0.3) is 0 Å². The zero-order valence-electron chi connectivity index (χ0n) is 6.45. The zero-order chi connectivity index (χ0) is 9.35. The van der Waals surface area contributed by atoms with Gasteiger partial charge in [0, 0.05) is 18.2 Å². The quantitative estimate of drug-likeness (QED) is 0.465. The Morgan fingerprint density at radius 2 is 2.17 bits per heavy atom. The monoisotopic (exact) mass is 199 g/mol. The molecule has 1 rings (SSSR count). The molecule has 0 saturated carbocycles. The molecule has 2 unspecified atom stereocenters. The van der Waals surface area contributed by atoms with E-state index in [9.17, 15) is 13.2 Å². The Kier molecular flexibility index (Phi) is 2.68. The molecule has 0 spiro atoms. The Balaban J connectivity index is 2.75. The molecule has 0 amide bonds. The first kappa shape index (κ1) is 9.86. The lowest BCUT2D eigenvalue weighted by atomic mass is 10.1. The van der Waals surface area contributed by atoms with Crippen molar-refractivity contribution in [3.8, 4) is 0 Å². The van der Waals surface area contributed by atoms with Crippen LogP contribution in [-0.2, 0) is 0 Å². The third-order valence-corrected chi connectivity index (χ3v) is 2.32. The van der Waals surface area contributed by atoms with Gasteiger partial charge in [-0.2, -0.15) is 13.2 Å². The van der Waals surface area contributed by atoms with E-state index in [0.717, 1.165) is 6.08 Å². The summed E-state index contributed by atoms with van der Waals surface area (Å²) < 4.78 is 36.2. The van der Waals surface area contributed by atoms with E-state index in [0.29, 0.717) is 0 Å². The fraction of sp³-hybridized carbons (Fsp3) is 0.714. The van der Waals surface area contributed by atoms with Crippen molar-refractivity contribution in [2.24, 2.45) is 0 Å². The summed E-state index contributed by atoms with van der Waals surface area (Å²) in [5, 5.41) is 2.09. The van der Waals surface area contributed by atoms with E-state index in [4.69, 9.17) is 11.6 Å². The summed E-state index contributed by atoms with van der Waals surface area (Å²) in [6.45, 7) is 1.61. The van der Waals surface area contributed by atoms with E-state index in [2.05, 4.69) is 5.32 Å². The van der Waals surface area contributed by atoms with Gasteiger partial charge in [-0.15, -0.1) is 11.6 Å². The van der Waals surface area contributed by atoms with Crippen molar-refractivity contribution < 1.29 is 13.2 Å². The van der Waals surface area contributed by atoms with Gasteiger partial charge in [0.05, 0.1) is 5.38 Å². The molecule has 0 aromatic heterocycles. The molecule has 1 aliphatic heterocycles. The average Bonchev–Trinajstić information content (AvgIpc) is 1.92. The van der Waals surface area contributed by atoms with E-state index < -0.39 is 17.1 Å². The number of alkyl halides is 4. The molecule has 0 aliphatic carbocycles. The van der Waals surface area contributed by atoms with Crippen LogP contribution in [0.1, 0.15) is 6.92 Å². The highest BCUT2D eigenvalue weighted by Crippen LogP contribution is 2.28. The first-order valence-corrected chi connectivity index (χ1v) is 4.00. The lowest BCUT2D eigenvalue weighted by molar-refractivity contribution is -0.0939. The molecule has 70 valence electrons. The van der Waals surface area contributed by atoms with Crippen LogP contribution in [0.2, 0.25) is 0 Å². The van der Waals surface area contributed by atoms with Gasteiger partial charge in [0.2, 0.25) is 0 Å². The highest BCUT2D eigenvalue weighted by Gasteiger charge is 2.36. The summed E-state index contributed by atoms with van der Waals surface area (Å²) in [5.74, 6) is 0. The third-order valence-electron chi connectivity index (χ3n) is 1.82. The molecule has 0 saturated heterocycles. The second-order valence-electron chi connectivity index (χ2n) is 2.80. The minimum atomic E-state index is -4.25. The molecular formula is C7H9ClF3N. The maximum atomic E-state index is 12.1. The van der Waals surface area contributed by atoms with Gasteiger partial charge in [0.1, 0.15) is 0 Å². The highest BCUT2D eigenvalue weighted by molar-refractivity contribution is 6.22. The molecule has 5 heteroatoms. The molecule has 0 fully saturated rings.